The van der Waals surface area contributed by atoms with Crippen molar-refractivity contribution < 1.29 is 9.53 Å². The zero-order valence-electron chi connectivity index (χ0n) is 12.0. The largest absolute Gasteiger partial charge is 0.489 e. The molecular weight excluding hydrogens is 238 g/mol. The average Bonchev–Trinajstić information content (AvgIpc) is 3.17. The molecule has 0 radical (unpaired) electrons. The molecule has 1 aromatic carbocycles. The van der Waals surface area contributed by atoms with Gasteiger partial charge in [0, 0.05) is 5.92 Å². The normalized spacial score (nSPS) is 14.5. The first-order valence-corrected chi connectivity index (χ1v) is 7.21. The Hall–Kier alpha value is -1.51. The van der Waals surface area contributed by atoms with Gasteiger partial charge in [0.2, 0.25) is 5.91 Å². The molecule has 0 unspecified atom stereocenters. The molecule has 1 amide bonds. The van der Waals surface area contributed by atoms with Crippen LogP contribution in [0.3, 0.4) is 0 Å². The highest BCUT2D eigenvalue weighted by Crippen LogP contribution is 2.34. The molecule has 2 rings (SSSR count). The van der Waals surface area contributed by atoms with Crippen LogP contribution >= 0.6 is 0 Å². The summed E-state index contributed by atoms with van der Waals surface area (Å²) >= 11 is 0. The number of benzene rings is 1. The number of aryl methyl sites for hydroxylation is 1. The highest BCUT2D eigenvalue weighted by molar-refractivity contribution is 5.95. The van der Waals surface area contributed by atoms with E-state index in [0.29, 0.717) is 0 Å². The molecule has 0 saturated heterocycles. The summed E-state index contributed by atoms with van der Waals surface area (Å²) in [5.41, 5.74) is 1.99. The minimum absolute atomic E-state index is 0.106. The number of amides is 1. The van der Waals surface area contributed by atoms with E-state index in [0.717, 1.165) is 37.1 Å². The summed E-state index contributed by atoms with van der Waals surface area (Å²) in [7, 11) is 0. The predicted octanol–water partition coefficient (Wildman–Crippen LogP) is 3.77. The van der Waals surface area contributed by atoms with E-state index in [2.05, 4.69) is 18.3 Å². The molecular formula is C16H23NO2. The molecule has 0 aromatic heterocycles. The van der Waals surface area contributed by atoms with Gasteiger partial charge >= 0.3 is 0 Å². The molecule has 1 fully saturated rings. The molecule has 3 nitrogen and oxygen atoms in total. The smallest absolute Gasteiger partial charge is 0.227 e. The maximum atomic E-state index is 11.9. The van der Waals surface area contributed by atoms with E-state index in [-0.39, 0.29) is 17.9 Å². The van der Waals surface area contributed by atoms with Crippen LogP contribution in [0.4, 0.5) is 5.69 Å². The van der Waals surface area contributed by atoms with Crippen molar-refractivity contribution >= 4 is 11.6 Å². The number of rotatable bonds is 6. The fourth-order valence-electron chi connectivity index (χ4n) is 2.10. The van der Waals surface area contributed by atoms with Crippen molar-refractivity contribution in [1.82, 2.24) is 0 Å². The van der Waals surface area contributed by atoms with Gasteiger partial charge in [0.1, 0.15) is 5.75 Å². The summed E-state index contributed by atoms with van der Waals surface area (Å²) in [5.74, 6) is 1.18. The number of carbonyl (C=O) groups excluding carboxylic acids is 1. The standard InChI is InChI=1S/C16H23NO2/c1-4-6-12-7-5-8-14(15(12)19-11(2)3)17-16(18)13-9-10-13/h5,7-8,11,13H,4,6,9-10H2,1-3H3,(H,17,18). The third-order valence-corrected chi connectivity index (χ3v) is 3.18. The molecule has 19 heavy (non-hydrogen) atoms. The fraction of sp³-hybridized carbons (Fsp3) is 0.562. The summed E-state index contributed by atoms with van der Waals surface area (Å²) in [6.45, 7) is 6.17. The van der Waals surface area contributed by atoms with E-state index < -0.39 is 0 Å². The minimum atomic E-state index is 0.106. The molecule has 1 aliphatic carbocycles. The van der Waals surface area contributed by atoms with Crippen molar-refractivity contribution in [1.29, 1.82) is 0 Å². The van der Waals surface area contributed by atoms with E-state index in [1.165, 1.54) is 5.56 Å². The van der Waals surface area contributed by atoms with Crippen LogP contribution < -0.4 is 10.1 Å². The molecule has 1 aromatic rings. The highest BCUT2D eigenvalue weighted by atomic mass is 16.5. The first-order chi connectivity index (χ1) is 9.11. The lowest BCUT2D eigenvalue weighted by atomic mass is 10.1. The van der Waals surface area contributed by atoms with Gasteiger partial charge in [-0.05, 0) is 44.7 Å². The van der Waals surface area contributed by atoms with Crippen molar-refractivity contribution in [3.05, 3.63) is 23.8 Å². The lowest BCUT2D eigenvalue weighted by Crippen LogP contribution is -2.16. The van der Waals surface area contributed by atoms with Gasteiger partial charge in [0.25, 0.3) is 0 Å². The van der Waals surface area contributed by atoms with Crippen molar-refractivity contribution in [2.75, 3.05) is 5.32 Å². The Labute approximate surface area is 115 Å². The molecule has 0 atom stereocenters. The topological polar surface area (TPSA) is 38.3 Å². The van der Waals surface area contributed by atoms with E-state index >= 15 is 0 Å². The summed E-state index contributed by atoms with van der Waals surface area (Å²) in [5, 5.41) is 3.01. The number of nitrogens with one attached hydrogen (secondary N) is 1. The van der Waals surface area contributed by atoms with Crippen LogP contribution in [0.5, 0.6) is 5.75 Å². The molecule has 0 spiro atoms. The number of anilines is 1. The zero-order valence-corrected chi connectivity index (χ0v) is 12.0. The Morgan fingerprint density at radius 2 is 2.16 bits per heavy atom. The van der Waals surface area contributed by atoms with Crippen LogP contribution in [0, 0.1) is 5.92 Å². The zero-order chi connectivity index (χ0) is 13.8. The Balaban J connectivity index is 2.23. The summed E-state index contributed by atoms with van der Waals surface area (Å²) in [6.07, 6.45) is 4.17. The maximum absolute atomic E-state index is 11.9. The lowest BCUT2D eigenvalue weighted by molar-refractivity contribution is -0.117. The van der Waals surface area contributed by atoms with E-state index in [1.54, 1.807) is 0 Å². The van der Waals surface area contributed by atoms with Gasteiger partial charge in [0.15, 0.2) is 0 Å². The quantitative estimate of drug-likeness (QED) is 0.846. The van der Waals surface area contributed by atoms with Crippen LogP contribution in [0.25, 0.3) is 0 Å². The Bertz CT molecular complexity index is 450. The molecule has 1 saturated carbocycles. The Morgan fingerprint density at radius 1 is 1.42 bits per heavy atom. The van der Waals surface area contributed by atoms with Crippen molar-refractivity contribution in [2.24, 2.45) is 5.92 Å². The molecule has 0 bridgehead atoms. The predicted molar refractivity (Wildman–Crippen MR) is 77.6 cm³/mol. The second kappa shape index (κ2) is 6.09. The Kier molecular flexibility index (Phi) is 4.46. The van der Waals surface area contributed by atoms with Crippen molar-refractivity contribution in [3.8, 4) is 5.75 Å². The number of hydrogen-bond donors (Lipinski definition) is 1. The summed E-state index contributed by atoms with van der Waals surface area (Å²) < 4.78 is 5.92. The second-order valence-corrected chi connectivity index (χ2v) is 5.47. The Morgan fingerprint density at radius 3 is 2.74 bits per heavy atom. The van der Waals surface area contributed by atoms with E-state index in [4.69, 9.17) is 4.74 Å². The highest BCUT2D eigenvalue weighted by Gasteiger charge is 2.30. The maximum Gasteiger partial charge on any atom is 0.227 e. The number of para-hydroxylation sites is 1. The van der Waals surface area contributed by atoms with Gasteiger partial charge in [-0.1, -0.05) is 25.5 Å². The third kappa shape index (κ3) is 3.72. The van der Waals surface area contributed by atoms with Gasteiger partial charge in [-0.2, -0.15) is 0 Å². The SMILES string of the molecule is CCCc1cccc(NC(=O)C2CC2)c1OC(C)C. The summed E-state index contributed by atoms with van der Waals surface area (Å²) in [4.78, 5) is 11.9. The monoisotopic (exact) mass is 261 g/mol. The van der Waals surface area contributed by atoms with Crippen LogP contribution in [-0.4, -0.2) is 12.0 Å². The number of carbonyl (C=O) groups is 1. The molecule has 1 N–H and O–H groups in total. The minimum Gasteiger partial charge on any atom is -0.489 e. The lowest BCUT2D eigenvalue weighted by Gasteiger charge is -2.18. The molecule has 104 valence electrons. The summed E-state index contributed by atoms with van der Waals surface area (Å²) in [6, 6.07) is 5.99. The van der Waals surface area contributed by atoms with E-state index in [9.17, 15) is 4.79 Å². The van der Waals surface area contributed by atoms with Gasteiger partial charge in [-0.3, -0.25) is 4.79 Å². The van der Waals surface area contributed by atoms with Crippen LogP contribution in [-0.2, 0) is 11.2 Å². The number of ether oxygens (including phenoxy) is 1. The van der Waals surface area contributed by atoms with Gasteiger partial charge < -0.3 is 10.1 Å². The molecule has 3 heteroatoms. The van der Waals surface area contributed by atoms with Crippen molar-refractivity contribution in [2.45, 2.75) is 52.6 Å². The molecule has 0 aliphatic heterocycles. The van der Waals surface area contributed by atoms with Gasteiger partial charge in [-0.25, -0.2) is 0 Å². The number of hydrogen-bond acceptors (Lipinski definition) is 2. The van der Waals surface area contributed by atoms with Gasteiger partial charge in [0.05, 0.1) is 11.8 Å². The van der Waals surface area contributed by atoms with Crippen LogP contribution in [0.15, 0.2) is 18.2 Å². The average molecular weight is 261 g/mol. The first kappa shape index (κ1) is 13.9. The van der Waals surface area contributed by atoms with Crippen LogP contribution in [0.1, 0.15) is 45.6 Å². The second-order valence-electron chi connectivity index (χ2n) is 5.47. The fourth-order valence-corrected chi connectivity index (χ4v) is 2.10. The van der Waals surface area contributed by atoms with Crippen LogP contribution in [0.2, 0.25) is 0 Å². The first-order valence-electron chi connectivity index (χ1n) is 7.21. The third-order valence-electron chi connectivity index (χ3n) is 3.18. The van der Waals surface area contributed by atoms with Gasteiger partial charge in [-0.15, -0.1) is 0 Å². The molecule has 1 aliphatic rings. The van der Waals surface area contributed by atoms with E-state index in [1.807, 2.05) is 26.0 Å². The molecule has 0 heterocycles. The van der Waals surface area contributed by atoms with Crippen molar-refractivity contribution in [3.63, 3.8) is 0 Å².